The summed E-state index contributed by atoms with van der Waals surface area (Å²) in [5, 5.41) is 21.8. The third-order valence-electron chi connectivity index (χ3n) is 17.4. The molecule has 14 atom stereocenters. The number of fused-ring (bicyclic) bond motifs is 4. The normalized spacial score (nSPS) is 47.2. The standard InChI is InChI=1S/C42H66N2O9/c1-24(2)34(53-37(49)43-17-8-18-43)26-21-25(3)33-35(51-26)36(48)40(7)28-10-9-27-38(4,5)29(13-14-41(27)23-42(28,41)16-15-39(33,40)6)52-32-22-44(19-20-50-32)30(45)11-12-31(46)47/h24-29,32-36,48H,8-23H2,1-7H3,(H,46,47)/t25-,26-,27+,28+,29+,32+,33+,34-,35+,36+,39-,40-,41-,42+/m1/s1. The van der Waals surface area contributed by atoms with Gasteiger partial charge in [-0.25, -0.2) is 4.79 Å². The Morgan fingerprint density at radius 1 is 0.925 bits per heavy atom. The summed E-state index contributed by atoms with van der Waals surface area (Å²) in [5.41, 5.74) is 0.0544. The predicted molar refractivity (Wildman–Crippen MR) is 195 cm³/mol. The predicted octanol–water partition coefficient (Wildman–Crippen LogP) is 6.10. The van der Waals surface area contributed by atoms with E-state index < -0.39 is 18.4 Å². The lowest BCUT2D eigenvalue weighted by Gasteiger charge is -2.64. The fourth-order valence-electron chi connectivity index (χ4n) is 14.6. The van der Waals surface area contributed by atoms with Crippen LogP contribution in [0.2, 0.25) is 0 Å². The number of nitrogens with zero attached hydrogens (tertiary/aromatic N) is 2. The number of ether oxygens (including phenoxy) is 4. The van der Waals surface area contributed by atoms with Gasteiger partial charge in [0.25, 0.3) is 0 Å². The van der Waals surface area contributed by atoms with Crippen molar-refractivity contribution in [3.8, 4) is 0 Å². The summed E-state index contributed by atoms with van der Waals surface area (Å²) < 4.78 is 26.0. The molecule has 5 aliphatic carbocycles. The first-order valence-electron chi connectivity index (χ1n) is 21.1. The number of carbonyl (C=O) groups excluding carboxylic acids is 2. The van der Waals surface area contributed by atoms with E-state index in [-0.39, 0.29) is 88.2 Å². The Kier molecular flexibility index (Phi) is 9.35. The molecule has 53 heavy (non-hydrogen) atoms. The van der Waals surface area contributed by atoms with Crippen molar-refractivity contribution in [3.05, 3.63) is 0 Å². The van der Waals surface area contributed by atoms with Crippen LogP contribution in [-0.2, 0) is 28.5 Å². The summed E-state index contributed by atoms with van der Waals surface area (Å²) in [4.78, 5) is 40.2. The Morgan fingerprint density at radius 3 is 2.32 bits per heavy atom. The maximum atomic E-state index is 13.0. The van der Waals surface area contributed by atoms with Gasteiger partial charge in [-0.05, 0) is 109 Å². The Bertz CT molecular complexity index is 1470. The number of hydrogen-bond acceptors (Lipinski definition) is 8. The summed E-state index contributed by atoms with van der Waals surface area (Å²) in [6.45, 7) is 19.0. The van der Waals surface area contributed by atoms with Crippen molar-refractivity contribution in [2.45, 2.75) is 156 Å². The topological polar surface area (TPSA) is 135 Å². The highest BCUT2D eigenvalue weighted by molar-refractivity contribution is 5.80. The monoisotopic (exact) mass is 742 g/mol. The molecule has 3 aliphatic heterocycles. The van der Waals surface area contributed by atoms with Gasteiger partial charge in [0.15, 0.2) is 6.29 Å². The average molecular weight is 743 g/mol. The van der Waals surface area contributed by atoms with Gasteiger partial charge in [-0.15, -0.1) is 0 Å². The highest BCUT2D eigenvalue weighted by Crippen LogP contribution is 2.89. The van der Waals surface area contributed by atoms with Crippen LogP contribution in [0.25, 0.3) is 0 Å². The second-order valence-electron chi connectivity index (χ2n) is 20.1. The molecular formula is C42H66N2O9. The minimum atomic E-state index is -0.962. The number of likely N-dealkylation sites (tertiary alicyclic amines) is 1. The van der Waals surface area contributed by atoms with E-state index in [0.717, 1.165) is 58.0 Å². The van der Waals surface area contributed by atoms with E-state index >= 15 is 0 Å². The highest BCUT2D eigenvalue weighted by Gasteiger charge is 2.84. The fraction of sp³-hybridized carbons (Fsp3) is 0.929. The molecule has 8 rings (SSSR count). The number of aliphatic carboxylic acids is 1. The van der Waals surface area contributed by atoms with Gasteiger partial charge >= 0.3 is 12.1 Å². The molecule has 5 saturated carbocycles. The van der Waals surface area contributed by atoms with Crippen LogP contribution >= 0.6 is 0 Å². The van der Waals surface area contributed by atoms with Gasteiger partial charge in [-0.2, -0.15) is 0 Å². The Morgan fingerprint density at radius 2 is 1.64 bits per heavy atom. The van der Waals surface area contributed by atoms with Crippen molar-refractivity contribution < 1.29 is 43.5 Å². The van der Waals surface area contributed by atoms with Crippen molar-refractivity contribution in [3.63, 3.8) is 0 Å². The molecule has 0 bridgehead atoms. The molecule has 11 nitrogen and oxygen atoms in total. The second kappa shape index (κ2) is 13.1. The molecule has 11 heteroatoms. The first-order valence-corrected chi connectivity index (χ1v) is 21.1. The molecule has 0 aromatic rings. The molecule has 0 unspecified atom stereocenters. The molecule has 2 N–H and O–H groups in total. The average Bonchev–Trinajstić information content (AvgIpc) is 3.71. The van der Waals surface area contributed by atoms with Crippen LogP contribution in [0.4, 0.5) is 4.79 Å². The van der Waals surface area contributed by atoms with Gasteiger partial charge < -0.3 is 39.0 Å². The van der Waals surface area contributed by atoms with E-state index in [2.05, 4.69) is 48.5 Å². The molecule has 8 fully saturated rings. The minimum Gasteiger partial charge on any atom is -0.481 e. The van der Waals surface area contributed by atoms with Crippen molar-refractivity contribution in [1.82, 2.24) is 9.80 Å². The molecule has 3 heterocycles. The van der Waals surface area contributed by atoms with Crippen LogP contribution in [-0.4, -0.2) is 108 Å². The van der Waals surface area contributed by atoms with E-state index in [1.165, 1.54) is 12.8 Å². The number of rotatable bonds is 8. The summed E-state index contributed by atoms with van der Waals surface area (Å²) in [5.74, 6) is 0.526. The van der Waals surface area contributed by atoms with Crippen LogP contribution in [0.15, 0.2) is 0 Å². The highest BCUT2D eigenvalue weighted by atomic mass is 16.7. The Balaban J connectivity index is 0.983. The quantitative estimate of drug-likeness (QED) is 0.303. The lowest BCUT2D eigenvalue weighted by atomic mass is 9.41. The number of carboxylic acid groups (broad SMARTS) is 1. The molecule has 298 valence electrons. The summed E-state index contributed by atoms with van der Waals surface area (Å²) in [6, 6.07) is 0. The van der Waals surface area contributed by atoms with Crippen molar-refractivity contribution in [2.75, 3.05) is 32.8 Å². The summed E-state index contributed by atoms with van der Waals surface area (Å²) in [6.07, 6.45) is 7.35. The van der Waals surface area contributed by atoms with Crippen LogP contribution in [0, 0.1) is 56.7 Å². The zero-order valence-corrected chi connectivity index (χ0v) is 33.3. The lowest BCUT2D eigenvalue weighted by molar-refractivity contribution is -0.248. The number of aliphatic hydroxyl groups is 1. The van der Waals surface area contributed by atoms with Gasteiger partial charge in [-0.3, -0.25) is 9.59 Å². The van der Waals surface area contributed by atoms with Gasteiger partial charge in [0, 0.05) is 31.5 Å². The molecule has 2 spiro atoms. The SMILES string of the molecule is CC(C)[C@@H](OC(=O)N1CCC1)[C@H]1C[C@@H](C)[C@H]2[C@H](O1)[C@H](O)[C@@]1(C)[C@@H]3CC[C@H]4C(C)(C)[C@@H](O[C@H]5CN(C(=O)CCC(=O)O)CCO5)CC[C@@]45C[C@@]35CC[C@]21C. The maximum absolute atomic E-state index is 13.0. The Hall–Kier alpha value is -1.95. The van der Waals surface area contributed by atoms with Crippen molar-refractivity contribution >= 4 is 18.0 Å². The van der Waals surface area contributed by atoms with E-state index in [0.29, 0.717) is 37.5 Å². The van der Waals surface area contributed by atoms with Gasteiger partial charge in [0.1, 0.15) is 6.10 Å². The maximum Gasteiger partial charge on any atom is 0.410 e. The summed E-state index contributed by atoms with van der Waals surface area (Å²) >= 11 is 0. The number of hydrogen-bond donors (Lipinski definition) is 2. The number of amides is 2. The summed E-state index contributed by atoms with van der Waals surface area (Å²) in [7, 11) is 0. The van der Waals surface area contributed by atoms with Crippen molar-refractivity contribution in [1.29, 1.82) is 0 Å². The van der Waals surface area contributed by atoms with E-state index in [1.54, 1.807) is 9.80 Å². The Labute approximate surface area is 316 Å². The molecule has 0 radical (unpaired) electrons. The van der Waals surface area contributed by atoms with Gasteiger partial charge in [0.05, 0.1) is 44.0 Å². The van der Waals surface area contributed by atoms with E-state index in [9.17, 15) is 19.5 Å². The molecule has 3 saturated heterocycles. The van der Waals surface area contributed by atoms with Gasteiger partial charge in [0.2, 0.25) is 5.91 Å². The zero-order valence-electron chi connectivity index (χ0n) is 33.3. The smallest absolute Gasteiger partial charge is 0.410 e. The van der Waals surface area contributed by atoms with Gasteiger partial charge in [-0.1, -0.05) is 48.5 Å². The second-order valence-corrected chi connectivity index (χ2v) is 20.1. The lowest BCUT2D eigenvalue weighted by Crippen LogP contribution is -2.60. The fourth-order valence-corrected chi connectivity index (χ4v) is 14.6. The van der Waals surface area contributed by atoms with Crippen LogP contribution in [0.3, 0.4) is 0 Å². The van der Waals surface area contributed by atoms with Crippen LogP contribution in [0.1, 0.15) is 119 Å². The molecule has 2 amide bonds. The number of carboxylic acids is 1. The first-order chi connectivity index (χ1) is 25.0. The molecule has 0 aromatic heterocycles. The number of aliphatic hydroxyl groups excluding tert-OH is 1. The largest absolute Gasteiger partial charge is 0.481 e. The molecule has 8 aliphatic rings. The first kappa shape index (κ1) is 37.9. The number of carbonyl (C=O) groups is 3. The van der Waals surface area contributed by atoms with Crippen LogP contribution in [0.5, 0.6) is 0 Å². The third kappa shape index (κ3) is 5.49. The van der Waals surface area contributed by atoms with E-state index in [4.69, 9.17) is 24.1 Å². The minimum absolute atomic E-state index is 0.00264. The van der Waals surface area contributed by atoms with E-state index in [1.807, 2.05) is 0 Å². The number of morpholine rings is 1. The van der Waals surface area contributed by atoms with Crippen LogP contribution < -0.4 is 0 Å². The zero-order chi connectivity index (χ0) is 37.9. The third-order valence-corrected chi connectivity index (χ3v) is 17.4. The molecule has 0 aromatic carbocycles. The van der Waals surface area contributed by atoms with Crippen molar-refractivity contribution in [2.24, 2.45) is 56.7 Å². The molecular weight excluding hydrogens is 676 g/mol.